The lowest BCUT2D eigenvalue weighted by Crippen LogP contribution is -3.08. The number of quaternary nitrogens is 1. The predicted molar refractivity (Wildman–Crippen MR) is 103 cm³/mol. The van der Waals surface area contributed by atoms with Gasteiger partial charge in [-0.15, -0.1) is 0 Å². The van der Waals surface area contributed by atoms with E-state index in [1.807, 2.05) is 19.2 Å². The molecular formula is C19H24N3O6+. The fourth-order valence-electron chi connectivity index (χ4n) is 2.86. The lowest BCUT2D eigenvalue weighted by atomic mass is 10.1. The maximum Gasteiger partial charge on any atom is 0.279 e. The maximum atomic E-state index is 12.4. The minimum Gasteiger partial charge on any atom is -0.495 e. The van der Waals surface area contributed by atoms with E-state index in [0.717, 1.165) is 10.5 Å². The zero-order valence-corrected chi connectivity index (χ0v) is 16.3. The van der Waals surface area contributed by atoms with Gasteiger partial charge in [-0.3, -0.25) is 14.9 Å². The highest BCUT2D eigenvalue weighted by atomic mass is 16.6. The number of para-hydroxylation sites is 1. The molecule has 9 heteroatoms. The first-order chi connectivity index (χ1) is 13.4. The molecule has 2 rings (SSSR count). The summed E-state index contributed by atoms with van der Waals surface area (Å²) in [5.41, 5.74) is 1.03. The number of nitro groups is 1. The molecule has 2 N–H and O–H groups in total. The van der Waals surface area contributed by atoms with Gasteiger partial charge in [0.2, 0.25) is 0 Å². The zero-order chi connectivity index (χ0) is 20.7. The summed E-state index contributed by atoms with van der Waals surface area (Å²) in [7, 11) is 6.43. The van der Waals surface area contributed by atoms with Gasteiger partial charge in [0.25, 0.3) is 11.6 Å². The van der Waals surface area contributed by atoms with Crippen LogP contribution >= 0.6 is 0 Å². The molecule has 0 spiro atoms. The van der Waals surface area contributed by atoms with Gasteiger partial charge in [-0.1, -0.05) is 6.07 Å². The molecule has 28 heavy (non-hydrogen) atoms. The van der Waals surface area contributed by atoms with Crippen molar-refractivity contribution in [2.24, 2.45) is 0 Å². The number of non-ortho nitro benzene ring substituents is 1. The molecule has 0 bridgehead atoms. The molecule has 1 amide bonds. The number of hydrogen-bond acceptors (Lipinski definition) is 6. The topological polar surface area (TPSA) is 104 Å². The number of nitro benzene ring substituents is 1. The van der Waals surface area contributed by atoms with Gasteiger partial charge in [0.1, 0.15) is 12.3 Å². The van der Waals surface area contributed by atoms with E-state index in [-0.39, 0.29) is 23.8 Å². The van der Waals surface area contributed by atoms with Crippen molar-refractivity contribution in [3.8, 4) is 17.2 Å². The number of nitrogens with zero attached hydrogens (tertiary/aromatic N) is 1. The molecule has 0 aliphatic heterocycles. The second-order valence-corrected chi connectivity index (χ2v) is 6.15. The van der Waals surface area contributed by atoms with E-state index in [1.165, 1.54) is 25.3 Å². The van der Waals surface area contributed by atoms with Crippen LogP contribution in [0.5, 0.6) is 17.2 Å². The van der Waals surface area contributed by atoms with Crippen molar-refractivity contribution in [1.82, 2.24) is 0 Å². The van der Waals surface area contributed by atoms with Gasteiger partial charge >= 0.3 is 0 Å². The van der Waals surface area contributed by atoms with E-state index < -0.39 is 4.92 Å². The summed E-state index contributed by atoms with van der Waals surface area (Å²) in [5, 5.41) is 13.6. The monoisotopic (exact) mass is 390 g/mol. The van der Waals surface area contributed by atoms with Gasteiger partial charge in [-0.25, -0.2) is 0 Å². The highest BCUT2D eigenvalue weighted by Gasteiger charge is 2.18. The number of carbonyl (C=O) groups is 1. The molecule has 0 aliphatic rings. The molecule has 150 valence electrons. The van der Waals surface area contributed by atoms with Crippen LogP contribution in [-0.2, 0) is 11.3 Å². The van der Waals surface area contributed by atoms with E-state index in [2.05, 4.69) is 5.32 Å². The van der Waals surface area contributed by atoms with Crippen LogP contribution in [0.25, 0.3) is 0 Å². The van der Waals surface area contributed by atoms with Crippen LogP contribution in [0.4, 0.5) is 11.4 Å². The number of likely N-dealkylation sites (N-methyl/N-ethyl adjacent to an activating group) is 1. The molecule has 2 aromatic carbocycles. The molecule has 0 saturated heterocycles. The van der Waals surface area contributed by atoms with Gasteiger partial charge in [0.15, 0.2) is 18.0 Å². The standard InChI is InChI=1S/C19H23N3O6/c1-21(11-13-6-5-7-17(27-3)19(13)28-4)12-18(23)20-15-10-14(22(24)25)8-9-16(15)26-2/h5-10H,11-12H2,1-4H3,(H,20,23)/p+1. The molecule has 0 fully saturated rings. The Morgan fingerprint density at radius 1 is 1.11 bits per heavy atom. The Labute approximate surface area is 163 Å². The quantitative estimate of drug-likeness (QED) is 0.494. The van der Waals surface area contributed by atoms with Crippen LogP contribution in [-0.4, -0.2) is 45.8 Å². The normalized spacial score (nSPS) is 11.4. The number of ether oxygens (including phenoxy) is 3. The summed E-state index contributed by atoms with van der Waals surface area (Å²) in [6, 6.07) is 9.62. The van der Waals surface area contributed by atoms with Crippen LogP contribution < -0.4 is 24.4 Å². The average Bonchev–Trinajstić information content (AvgIpc) is 2.67. The third kappa shape index (κ3) is 5.10. The predicted octanol–water partition coefficient (Wildman–Crippen LogP) is 1.27. The van der Waals surface area contributed by atoms with Gasteiger partial charge < -0.3 is 24.4 Å². The van der Waals surface area contributed by atoms with Gasteiger partial charge in [-0.05, 0) is 18.2 Å². The Morgan fingerprint density at radius 3 is 2.43 bits per heavy atom. The number of anilines is 1. The van der Waals surface area contributed by atoms with Gasteiger partial charge in [0, 0.05) is 12.1 Å². The number of benzene rings is 2. The lowest BCUT2D eigenvalue weighted by Gasteiger charge is -2.17. The van der Waals surface area contributed by atoms with Crippen molar-refractivity contribution < 1.29 is 28.8 Å². The molecule has 9 nitrogen and oxygen atoms in total. The minimum atomic E-state index is -0.526. The number of methoxy groups -OCH3 is 3. The third-order valence-electron chi connectivity index (χ3n) is 4.11. The summed E-state index contributed by atoms with van der Waals surface area (Å²) in [4.78, 5) is 23.8. The Kier molecular flexibility index (Phi) is 7.16. The summed E-state index contributed by atoms with van der Waals surface area (Å²) in [5.74, 6) is 1.31. The van der Waals surface area contributed by atoms with Crippen molar-refractivity contribution >= 4 is 17.3 Å². The van der Waals surface area contributed by atoms with E-state index in [1.54, 1.807) is 20.3 Å². The number of hydrogen-bond donors (Lipinski definition) is 2. The summed E-state index contributed by atoms with van der Waals surface area (Å²) in [6.07, 6.45) is 0. The van der Waals surface area contributed by atoms with Gasteiger partial charge in [0.05, 0.1) is 44.6 Å². The first-order valence-corrected chi connectivity index (χ1v) is 8.53. The molecule has 0 radical (unpaired) electrons. The van der Waals surface area contributed by atoms with E-state index in [0.29, 0.717) is 23.8 Å². The molecule has 0 aromatic heterocycles. The summed E-state index contributed by atoms with van der Waals surface area (Å²) < 4.78 is 15.9. The number of amides is 1. The van der Waals surface area contributed by atoms with E-state index in [4.69, 9.17) is 14.2 Å². The molecule has 0 heterocycles. The van der Waals surface area contributed by atoms with Crippen molar-refractivity contribution in [3.63, 3.8) is 0 Å². The average molecular weight is 390 g/mol. The smallest absolute Gasteiger partial charge is 0.279 e. The summed E-state index contributed by atoms with van der Waals surface area (Å²) in [6.45, 7) is 0.673. The number of rotatable bonds is 9. The fourth-order valence-corrected chi connectivity index (χ4v) is 2.86. The molecule has 0 saturated carbocycles. The Morgan fingerprint density at radius 2 is 1.82 bits per heavy atom. The molecule has 1 unspecified atom stereocenters. The molecule has 0 aliphatic carbocycles. The maximum absolute atomic E-state index is 12.4. The molecular weight excluding hydrogens is 366 g/mol. The highest BCUT2D eigenvalue weighted by Crippen LogP contribution is 2.30. The van der Waals surface area contributed by atoms with E-state index >= 15 is 0 Å². The number of nitrogens with one attached hydrogen (secondary N) is 2. The number of carbonyl (C=O) groups excluding carboxylic acids is 1. The molecule has 2 aromatic rings. The Bertz CT molecular complexity index is 856. The zero-order valence-electron chi connectivity index (χ0n) is 16.3. The molecule has 1 atom stereocenters. The van der Waals surface area contributed by atoms with Gasteiger partial charge in [-0.2, -0.15) is 0 Å². The Balaban J connectivity index is 2.08. The second-order valence-electron chi connectivity index (χ2n) is 6.15. The summed E-state index contributed by atoms with van der Waals surface area (Å²) >= 11 is 0. The van der Waals surface area contributed by atoms with Crippen LogP contribution in [0.1, 0.15) is 5.56 Å². The van der Waals surface area contributed by atoms with Crippen molar-refractivity contribution in [3.05, 3.63) is 52.1 Å². The highest BCUT2D eigenvalue weighted by molar-refractivity contribution is 5.93. The van der Waals surface area contributed by atoms with Crippen LogP contribution in [0.2, 0.25) is 0 Å². The first kappa shape index (κ1) is 21.0. The lowest BCUT2D eigenvalue weighted by molar-refractivity contribution is -0.885. The van der Waals surface area contributed by atoms with Crippen LogP contribution in [0, 0.1) is 10.1 Å². The second kappa shape index (κ2) is 9.56. The minimum absolute atomic E-state index is 0.127. The van der Waals surface area contributed by atoms with Crippen LogP contribution in [0.3, 0.4) is 0 Å². The SMILES string of the molecule is COc1ccc([N+](=O)[O-])cc1NC(=O)C[NH+](C)Cc1cccc(OC)c1OC. The van der Waals surface area contributed by atoms with Crippen LogP contribution in [0.15, 0.2) is 36.4 Å². The largest absolute Gasteiger partial charge is 0.495 e. The Hall–Kier alpha value is -3.33. The van der Waals surface area contributed by atoms with Crippen molar-refractivity contribution in [2.75, 3.05) is 40.2 Å². The third-order valence-corrected chi connectivity index (χ3v) is 4.11. The van der Waals surface area contributed by atoms with E-state index in [9.17, 15) is 14.9 Å². The van der Waals surface area contributed by atoms with Crippen molar-refractivity contribution in [1.29, 1.82) is 0 Å². The van der Waals surface area contributed by atoms with Crippen molar-refractivity contribution in [2.45, 2.75) is 6.54 Å². The fraction of sp³-hybridized carbons (Fsp3) is 0.316. The first-order valence-electron chi connectivity index (χ1n) is 8.53.